The van der Waals surface area contributed by atoms with Crippen LogP contribution in [0.25, 0.3) is 0 Å². The molecular weight excluding hydrogens is 230 g/mol. The number of aliphatic hydroxyl groups is 1. The van der Waals surface area contributed by atoms with Crippen molar-refractivity contribution in [3.63, 3.8) is 0 Å². The minimum atomic E-state index is -0.353. The van der Waals surface area contributed by atoms with E-state index in [1.807, 2.05) is 4.90 Å². The van der Waals surface area contributed by atoms with Gasteiger partial charge >= 0.3 is 0 Å². The smallest absolute Gasteiger partial charge is 0.287 e. The van der Waals surface area contributed by atoms with Gasteiger partial charge in [0, 0.05) is 20.1 Å². The largest absolute Gasteiger partial charge is 0.391 e. The second-order valence-electron chi connectivity index (χ2n) is 4.01. The molecule has 1 aliphatic heterocycles. The Morgan fingerprint density at radius 2 is 2.38 bits per heavy atom. The molecule has 0 bridgehead atoms. The summed E-state index contributed by atoms with van der Waals surface area (Å²) < 4.78 is 1.20. The molecule has 1 fully saturated rings. The van der Waals surface area contributed by atoms with Crippen molar-refractivity contribution in [2.45, 2.75) is 18.9 Å². The molecule has 1 N–H and O–H groups in total. The molecule has 1 aliphatic rings. The number of β-amino-alcohol motifs (C(OH)–C–C–N with tert-alkyl or cyclic N) is 1. The van der Waals surface area contributed by atoms with Gasteiger partial charge in [0.2, 0.25) is 0 Å². The number of aromatic nitrogens is 2. The number of anilines is 1. The Kier molecular flexibility index (Phi) is 3.16. The summed E-state index contributed by atoms with van der Waals surface area (Å²) in [6, 6.07) is 0. The summed E-state index contributed by atoms with van der Waals surface area (Å²) in [5.74, 6) is 0. The molecule has 1 atom stereocenters. The van der Waals surface area contributed by atoms with Crippen molar-refractivity contribution < 1.29 is 5.11 Å². The van der Waals surface area contributed by atoms with Crippen LogP contribution in [0.15, 0.2) is 11.0 Å². The normalized spacial score (nSPS) is 21.2. The number of rotatable bonds is 1. The lowest BCUT2D eigenvalue weighted by molar-refractivity contribution is 0.154. The van der Waals surface area contributed by atoms with Gasteiger partial charge in [-0.2, -0.15) is 5.10 Å². The summed E-state index contributed by atoms with van der Waals surface area (Å²) in [6.45, 7) is 1.31. The Morgan fingerprint density at radius 3 is 3.06 bits per heavy atom. The molecule has 0 amide bonds. The maximum Gasteiger partial charge on any atom is 0.287 e. The Morgan fingerprint density at radius 1 is 1.62 bits per heavy atom. The summed E-state index contributed by atoms with van der Waals surface area (Å²) in [5, 5.41) is 13.7. The number of aliphatic hydroxyl groups excluding tert-OH is 1. The number of hydrogen-bond acceptors (Lipinski definition) is 4. The van der Waals surface area contributed by atoms with Gasteiger partial charge in [0.1, 0.15) is 5.02 Å². The lowest BCUT2D eigenvalue weighted by Gasteiger charge is -2.32. The lowest BCUT2D eigenvalue weighted by atomic mass is 10.1. The van der Waals surface area contributed by atoms with Crippen LogP contribution in [-0.4, -0.2) is 34.1 Å². The maximum atomic E-state index is 11.6. The lowest BCUT2D eigenvalue weighted by Crippen LogP contribution is -2.39. The quantitative estimate of drug-likeness (QED) is 0.776. The predicted molar refractivity (Wildman–Crippen MR) is 61.9 cm³/mol. The van der Waals surface area contributed by atoms with Crippen LogP contribution in [0.1, 0.15) is 12.8 Å². The van der Waals surface area contributed by atoms with Gasteiger partial charge in [0.05, 0.1) is 18.0 Å². The highest BCUT2D eigenvalue weighted by Gasteiger charge is 2.21. The summed E-state index contributed by atoms with van der Waals surface area (Å²) in [6.07, 6.45) is 2.91. The molecule has 5 nitrogen and oxygen atoms in total. The van der Waals surface area contributed by atoms with Gasteiger partial charge < -0.3 is 10.0 Å². The van der Waals surface area contributed by atoms with E-state index in [4.69, 9.17) is 11.6 Å². The molecule has 2 heterocycles. The van der Waals surface area contributed by atoms with Crippen LogP contribution in [-0.2, 0) is 7.05 Å². The molecule has 1 saturated heterocycles. The number of aryl methyl sites for hydroxylation is 1. The molecule has 0 spiro atoms. The van der Waals surface area contributed by atoms with E-state index >= 15 is 0 Å². The van der Waals surface area contributed by atoms with Gasteiger partial charge in [-0.15, -0.1) is 0 Å². The standard InChI is InChI=1S/C10H14ClN3O2/c1-13-10(16)9(11)8(5-12-13)14-4-2-3-7(15)6-14/h5,7,15H,2-4,6H2,1H3/t7-/m0/s1. The number of piperidine rings is 1. The molecule has 0 saturated carbocycles. The molecule has 0 aromatic carbocycles. The molecule has 0 unspecified atom stereocenters. The van der Waals surface area contributed by atoms with Gasteiger partial charge in [0.15, 0.2) is 0 Å². The maximum absolute atomic E-state index is 11.6. The van der Waals surface area contributed by atoms with Gasteiger partial charge in [-0.05, 0) is 12.8 Å². The molecule has 2 rings (SSSR count). The molecule has 16 heavy (non-hydrogen) atoms. The monoisotopic (exact) mass is 243 g/mol. The van der Waals surface area contributed by atoms with Crippen LogP contribution in [0.4, 0.5) is 5.69 Å². The van der Waals surface area contributed by atoms with E-state index in [9.17, 15) is 9.90 Å². The second-order valence-corrected chi connectivity index (χ2v) is 4.39. The van der Waals surface area contributed by atoms with Crippen molar-refractivity contribution in [1.29, 1.82) is 0 Å². The highest BCUT2D eigenvalue weighted by molar-refractivity contribution is 6.33. The van der Waals surface area contributed by atoms with E-state index in [1.165, 1.54) is 4.68 Å². The van der Waals surface area contributed by atoms with E-state index in [0.29, 0.717) is 12.2 Å². The van der Waals surface area contributed by atoms with Crippen molar-refractivity contribution in [3.8, 4) is 0 Å². The highest BCUT2D eigenvalue weighted by atomic mass is 35.5. The van der Waals surface area contributed by atoms with Crippen molar-refractivity contribution in [1.82, 2.24) is 9.78 Å². The summed E-state index contributed by atoms with van der Waals surface area (Å²) in [4.78, 5) is 13.5. The second kappa shape index (κ2) is 4.43. The summed E-state index contributed by atoms with van der Waals surface area (Å²) in [5.41, 5.74) is 0.308. The van der Waals surface area contributed by atoms with Crippen molar-refractivity contribution >= 4 is 17.3 Å². The van der Waals surface area contributed by atoms with E-state index in [-0.39, 0.29) is 16.7 Å². The first kappa shape index (κ1) is 11.4. The average molecular weight is 244 g/mol. The van der Waals surface area contributed by atoms with E-state index in [2.05, 4.69) is 5.10 Å². The van der Waals surface area contributed by atoms with Crippen LogP contribution in [0.2, 0.25) is 5.02 Å². The summed E-state index contributed by atoms with van der Waals surface area (Å²) >= 11 is 5.98. The fourth-order valence-corrected chi connectivity index (χ4v) is 2.19. The minimum absolute atomic E-state index is 0.173. The zero-order chi connectivity index (χ0) is 11.7. The number of nitrogens with zero attached hydrogens (tertiary/aromatic N) is 3. The van der Waals surface area contributed by atoms with Crippen LogP contribution in [0.3, 0.4) is 0 Å². The van der Waals surface area contributed by atoms with Crippen LogP contribution in [0.5, 0.6) is 0 Å². The third-order valence-corrected chi connectivity index (χ3v) is 3.15. The fourth-order valence-electron chi connectivity index (χ4n) is 1.90. The predicted octanol–water partition coefficient (Wildman–Crippen LogP) is 0.395. The number of halogens is 1. The van der Waals surface area contributed by atoms with Gasteiger partial charge in [-0.3, -0.25) is 4.79 Å². The van der Waals surface area contributed by atoms with Crippen LogP contribution in [0, 0.1) is 0 Å². The minimum Gasteiger partial charge on any atom is -0.391 e. The SMILES string of the molecule is Cn1ncc(N2CCC[C@H](O)C2)c(Cl)c1=O. The van der Waals surface area contributed by atoms with Gasteiger partial charge in [0.25, 0.3) is 5.56 Å². The van der Waals surface area contributed by atoms with E-state index in [1.54, 1.807) is 13.2 Å². The molecule has 0 radical (unpaired) electrons. The summed E-state index contributed by atoms with van der Waals surface area (Å²) in [7, 11) is 1.56. The Bertz CT molecular complexity index is 446. The molecule has 0 aliphatic carbocycles. The Hall–Kier alpha value is -1.07. The van der Waals surface area contributed by atoms with Crippen molar-refractivity contribution in [2.24, 2.45) is 7.05 Å². The first-order chi connectivity index (χ1) is 7.59. The topological polar surface area (TPSA) is 58.4 Å². The molecule has 1 aromatic heterocycles. The van der Waals surface area contributed by atoms with Gasteiger partial charge in [-0.25, -0.2) is 4.68 Å². The fraction of sp³-hybridized carbons (Fsp3) is 0.600. The van der Waals surface area contributed by atoms with Crippen LogP contribution < -0.4 is 10.5 Å². The Labute approximate surface area is 98.3 Å². The first-order valence-corrected chi connectivity index (χ1v) is 5.62. The van der Waals surface area contributed by atoms with Crippen LogP contribution >= 0.6 is 11.6 Å². The van der Waals surface area contributed by atoms with Gasteiger partial charge in [-0.1, -0.05) is 11.6 Å². The third-order valence-electron chi connectivity index (χ3n) is 2.80. The zero-order valence-electron chi connectivity index (χ0n) is 9.06. The molecular formula is C10H14ClN3O2. The van der Waals surface area contributed by atoms with E-state index < -0.39 is 0 Å². The first-order valence-electron chi connectivity index (χ1n) is 5.24. The average Bonchev–Trinajstić information content (AvgIpc) is 2.26. The van der Waals surface area contributed by atoms with Crippen molar-refractivity contribution in [3.05, 3.63) is 21.6 Å². The molecule has 88 valence electrons. The molecule has 1 aromatic rings. The van der Waals surface area contributed by atoms with Crippen molar-refractivity contribution in [2.75, 3.05) is 18.0 Å². The molecule has 6 heteroatoms. The Balaban J connectivity index is 2.33. The highest BCUT2D eigenvalue weighted by Crippen LogP contribution is 2.24. The third kappa shape index (κ3) is 2.05. The van der Waals surface area contributed by atoms with E-state index in [0.717, 1.165) is 19.4 Å². The zero-order valence-corrected chi connectivity index (χ0v) is 9.81. The number of hydrogen-bond donors (Lipinski definition) is 1.